The smallest absolute Gasteiger partial charge is 0.0628 e. The second-order valence-electron chi connectivity index (χ2n) is 4.26. The number of benzene rings is 2. The molecular formula is C15H13Br2Cl. The fraction of sp³-hybridized carbons (Fsp3) is 0.200. The molecular weight excluding hydrogens is 375 g/mol. The molecule has 0 nitrogen and oxygen atoms in total. The van der Waals surface area contributed by atoms with Crippen LogP contribution in [0.25, 0.3) is 0 Å². The highest BCUT2D eigenvalue weighted by Gasteiger charge is 2.13. The van der Waals surface area contributed by atoms with Gasteiger partial charge >= 0.3 is 0 Å². The van der Waals surface area contributed by atoms with Crippen LogP contribution in [0.1, 0.15) is 22.1 Å². The zero-order chi connectivity index (χ0) is 13.1. The van der Waals surface area contributed by atoms with Crippen molar-refractivity contribution < 1.29 is 0 Å². The Morgan fingerprint density at radius 1 is 1.11 bits per heavy atom. The first-order valence-electron chi connectivity index (χ1n) is 5.71. The van der Waals surface area contributed by atoms with E-state index in [9.17, 15) is 0 Å². The van der Waals surface area contributed by atoms with E-state index in [1.807, 2.05) is 24.3 Å². The van der Waals surface area contributed by atoms with Gasteiger partial charge in [-0.1, -0.05) is 56.1 Å². The Balaban J connectivity index is 2.22. The lowest BCUT2D eigenvalue weighted by Crippen LogP contribution is -1.99. The van der Waals surface area contributed by atoms with Crippen molar-refractivity contribution >= 4 is 43.5 Å². The van der Waals surface area contributed by atoms with Crippen LogP contribution in [0.15, 0.2) is 51.4 Å². The lowest BCUT2D eigenvalue weighted by atomic mass is 10.0. The van der Waals surface area contributed by atoms with Gasteiger partial charge in [0.15, 0.2) is 0 Å². The maximum atomic E-state index is 6.53. The largest absolute Gasteiger partial charge is 0.117 e. The Kier molecular flexibility index (Phi) is 4.88. The summed E-state index contributed by atoms with van der Waals surface area (Å²) in [5.74, 6) is 0. The summed E-state index contributed by atoms with van der Waals surface area (Å²) in [7, 11) is 0. The summed E-state index contributed by atoms with van der Waals surface area (Å²) in [5.41, 5.74) is 3.64. The molecule has 0 saturated carbocycles. The van der Waals surface area contributed by atoms with Gasteiger partial charge in [-0.2, -0.15) is 0 Å². The van der Waals surface area contributed by atoms with Crippen LogP contribution in [0.4, 0.5) is 0 Å². The maximum absolute atomic E-state index is 6.53. The molecule has 0 aliphatic rings. The van der Waals surface area contributed by atoms with Crippen molar-refractivity contribution in [2.45, 2.75) is 18.7 Å². The highest BCUT2D eigenvalue weighted by molar-refractivity contribution is 9.10. The Morgan fingerprint density at radius 3 is 2.56 bits per heavy atom. The van der Waals surface area contributed by atoms with E-state index in [2.05, 4.69) is 57.0 Å². The lowest BCUT2D eigenvalue weighted by molar-refractivity contribution is 0.907. The van der Waals surface area contributed by atoms with Crippen molar-refractivity contribution in [3.05, 3.63) is 68.1 Å². The molecule has 0 aromatic heterocycles. The topological polar surface area (TPSA) is 0 Å². The molecule has 2 aromatic rings. The van der Waals surface area contributed by atoms with Gasteiger partial charge in [-0.15, -0.1) is 11.6 Å². The van der Waals surface area contributed by atoms with Crippen LogP contribution in [0.5, 0.6) is 0 Å². The Morgan fingerprint density at radius 2 is 1.83 bits per heavy atom. The summed E-state index contributed by atoms with van der Waals surface area (Å²) in [6, 6.07) is 14.4. The van der Waals surface area contributed by atoms with Crippen molar-refractivity contribution in [3.8, 4) is 0 Å². The van der Waals surface area contributed by atoms with E-state index >= 15 is 0 Å². The van der Waals surface area contributed by atoms with E-state index in [0.717, 1.165) is 15.4 Å². The molecule has 0 spiro atoms. The van der Waals surface area contributed by atoms with E-state index in [1.165, 1.54) is 16.7 Å². The second-order valence-corrected chi connectivity index (χ2v) is 6.55. The van der Waals surface area contributed by atoms with Crippen LogP contribution in [0.3, 0.4) is 0 Å². The average Bonchev–Trinajstić information content (AvgIpc) is 2.32. The SMILES string of the molecule is Cc1c(Br)cccc1C(Cl)Cc1cccc(Br)c1. The molecule has 0 amide bonds. The molecule has 0 heterocycles. The van der Waals surface area contributed by atoms with E-state index in [4.69, 9.17) is 11.6 Å². The van der Waals surface area contributed by atoms with Gasteiger partial charge in [0.25, 0.3) is 0 Å². The standard InChI is InChI=1S/C15H13Br2Cl/c1-10-13(6-3-7-14(10)17)15(18)9-11-4-2-5-12(16)8-11/h2-8,15H,9H2,1H3. The molecule has 2 rings (SSSR count). The monoisotopic (exact) mass is 386 g/mol. The molecule has 0 fully saturated rings. The minimum Gasteiger partial charge on any atom is -0.117 e. The molecule has 0 radical (unpaired) electrons. The highest BCUT2D eigenvalue weighted by Crippen LogP contribution is 2.31. The number of rotatable bonds is 3. The van der Waals surface area contributed by atoms with Crippen LogP contribution >= 0.6 is 43.5 Å². The molecule has 0 N–H and O–H groups in total. The van der Waals surface area contributed by atoms with E-state index in [-0.39, 0.29) is 5.38 Å². The normalized spacial score (nSPS) is 12.4. The van der Waals surface area contributed by atoms with Crippen molar-refractivity contribution in [2.75, 3.05) is 0 Å². The molecule has 1 unspecified atom stereocenters. The molecule has 1 atom stereocenters. The van der Waals surface area contributed by atoms with Crippen LogP contribution in [-0.2, 0) is 6.42 Å². The minimum atomic E-state index is -0.00296. The lowest BCUT2D eigenvalue weighted by Gasteiger charge is -2.14. The molecule has 0 saturated heterocycles. The van der Waals surface area contributed by atoms with E-state index in [0.29, 0.717) is 0 Å². The summed E-state index contributed by atoms with van der Waals surface area (Å²) >= 11 is 13.6. The Labute approximate surface area is 130 Å². The second kappa shape index (κ2) is 6.23. The first-order valence-corrected chi connectivity index (χ1v) is 7.73. The van der Waals surface area contributed by atoms with Gasteiger partial charge in [0, 0.05) is 8.95 Å². The van der Waals surface area contributed by atoms with Crippen molar-refractivity contribution in [1.29, 1.82) is 0 Å². The van der Waals surface area contributed by atoms with Gasteiger partial charge in [-0.05, 0) is 48.2 Å². The quantitative estimate of drug-likeness (QED) is 0.562. The summed E-state index contributed by atoms with van der Waals surface area (Å²) in [6.45, 7) is 2.09. The summed E-state index contributed by atoms with van der Waals surface area (Å²) in [6.07, 6.45) is 0.832. The van der Waals surface area contributed by atoms with Crippen LogP contribution < -0.4 is 0 Å². The maximum Gasteiger partial charge on any atom is 0.0628 e. The van der Waals surface area contributed by atoms with E-state index in [1.54, 1.807) is 0 Å². The third kappa shape index (κ3) is 3.37. The summed E-state index contributed by atoms with van der Waals surface area (Å²) < 4.78 is 2.20. The fourth-order valence-electron chi connectivity index (χ4n) is 1.94. The number of hydrogen-bond acceptors (Lipinski definition) is 0. The first-order chi connectivity index (χ1) is 8.58. The molecule has 0 aliphatic heterocycles. The van der Waals surface area contributed by atoms with Gasteiger partial charge in [-0.25, -0.2) is 0 Å². The van der Waals surface area contributed by atoms with Gasteiger partial charge < -0.3 is 0 Å². The van der Waals surface area contributed by atoms with Crippen LogP contribution in [-0.4, -0.2) is 0 Å². The zero-order valence-electron chi connectivity index (χ0n) is 9.96. The van der Waals surface area contributed by atoms with Crippen molar-refractivity contribution in [1.82, 2.24) is 0 Å². The average molecular weight is 389 g/mol. The molecule has 2 aromatic carbocycles. The Bertz CT molecular complexity index is 552. The minimum absolute atomic E-state index is 0.00296. The first kappa shape index (κ1) is 14.1. The number of halogens is 3. The van der Waals surface area contributed by atoms with Gasteiger partial charge in [0.1, 0.15) is 0 Å². The molecule has 0 aliphatic carbocycles. The van der Waals surface area contributed by atoms with Crippen molar-refractivity contribution in [2.24, 2.45) is 0 Å². The summed E-state index contributed by atoms with van der Waals surface area (Å²) in [5, 5.41) is -0.00296. The molecule has 0 bridgehead atoms. The van der Waals surface area contributed by atoms with Crippen LogP contribution in [0, 0.1) is 6.92 Å². The summed E-state index contributed by atoms with van der Waals surface area (Å²) in [4.78, 5) is 0. The Hall–Kier alpha value is -0.310. The third-order valence-electron chi connectivity index (χ3n) is 2.95. The van der Waals surface area contributed by atoms with E-state index < -0.39 is 0 Å². The van der Waals surface area contributed by atoms with Gasteiger partial charge in [0.2, 0.25) is 0 Å². The third-order valence-corrected chi connectivity index (χ3v) is 4.69. The molecule has 94 valence electrons. The highest BCUT2D eigenvalue weighted by atomic mass is 79.9. The fourth-order valence-corrected chi connectivity index (χ4v) is 3.19. The predicted octanol–water partition coefficient (Wildman–Crippen LogP) is 6.04. The van der Waals surface area contributed by atoms with Gasteiger partial charge in [-0.3, -0.25) is 0 Å². The predicted molar refractivity (Wildman–Crippen MR) is 85.3 cm³/mol. The molecule has 18 heavy (non-hydrogen) atoms. The zero-order valence-corrected chi connectivity index (χ0v) is 13.9. The number of alkyl halides is 1. The van der Waals surface area contributed by atoms with Crippen molar-refractivity contribution in [3.63, 3.8) is 0 Å². The molecule has 3 heteroatoms. The van der Waals surface area contributed by atoms with Gasteiger partial charge in [0.05, 0.1) is 5.38 Å². The number of hydrogen-bond donors (Lipinski definition) is 0. The van der Waals surface area contributed by atoms with Crippen LogP contribution in [0.2, 0.25) is 0 Å².